The van der Waals surface area contributed by atoms with Gasteiger partial charge in [-0.25, -0.2) is 4.98 Å². The topological polar surface area (TPSA) is 55.1 Å². The zero-order valence-electron chi connectivity index (χ0n) is 6.45. The summed E-state index contributed by atoms with van der Waals surface area (Å²) < 4.78 is 5.06. The predicted octanol–water partition coefficient (Wildman–Crippen LogP) is 2.75. The molecule has 1 heterocycles. The molecule has 0 radical (unpaired) electrons. The number of benzene rings is 1. The van der Waals surface area contributed by atoms with Gasteiger partial charge in [0.15, 0.2) is 12.0 Å². The van der Waals surface area contributed by atoms with Crippen LogP contribution in [0.5, 0.6) is 0 Å². The first-order chi connectivity index (χ1) is 6.25. The van der Waals surface area contributed by atoms with Crippen molar-refractivity contribution in [1.82, 2.24) is 4.98 Å². The van der Waals surface area contributed by atoms with Gasteiger partial charge in [0.05, 0.1) is 0 Å². The summed E-state index contributed by atoms with van der Waals surface area (Å²) in [7, 11) is 0. The fraction of sp³-hybridized carbons (Fsp3) is 0. The van der Waals surface area contributed by atoms with Gasteiger partial charge in [-0.2, -0.15) is 0 Å². The largest absolute Gasteiger partial charge is 0.443 e. The van der Waals surface area contributed by atoms with Gasteiger partial charge >= 0.3 is 0 Å². The van der Waals surface area contributed by atoms with Crippen LogP contribution in [0.3, 0.4) is 0 Å². The van der Waals surface area contributed by atoms with E-state index in [-0.39, 0.29) is 4.82 Å². The number of carbonyl (C=O) groups excluding carboxylic acids is 1. The normalized spacial score (nSPS) is 10.2. The molecule has 1 N–H and O–H groups in total. The molecular weight excluding hydrogens is 236 g/mol. The first-order valence-corrected chi connectivity index (χ1v) is 4.35. The summed E-state index contributed by atoms with van der Waals surface area (Å²) in [5, 5.41) is 2.58. The Balaban J connectivity index is 2.42. The number of rotatable bonds is 1. The SMILES string of the molecule is O=C(Br)Nc1ccc2ncoc2c1. The van der Waals surface area contributed by atoms with Crippen molar-refractivity contribution in [2.45, 2.75) is 0 Å². The predicted molar refractivity (Wildman–Crippen MR) is 52.0 cm³/mol. The van der Waals surface area contributed by atoms with Crippen molar-refractivity contribution in [3.63, 3.8) is 0 Å². The van der Waals surface area contributed by atoms with Crippen LogP contribution < -0.4 is 5.32 Å². The maximum Gasteiger partial charge on any atom is 0.291 e. The van der Waals surface area contributed by atoms with Crippen molar-refractivity contribution in [2.75, 3.05) is 5.32 Å². The Hall–Kier alpha value is -1.36. The van der Waals surface area contributed by atoms with Crippen LogP contribution in [0, 0.1) is 0 Å². The van der Waals surface area contributed by atoms with Gasteiger partial charge in [0.1, 0.15) is 5.52 Å². The van der Waals surface area contributed by atoms with E-state index in [0.29, 0.717) is 11.3 Å². The highest BCUT2D eigenvalue weighted by Crippen LogP contribution is 2.18. The molecular formula is C8H5BrN2O2. The van der Waals surface area contributed by atoms with Crippen molar-refractivity contribution in [2.24, 2.45) is 0 Å². The number of anilines is 1. The van der Waals surface area contributed by atoms with Crippen LogP contribution in [-0.2, 0) is 0 Å². The highest BCUT2D eigenvalue weighted by Gasteiger charge is 2.01. The number of nitrogens with zero attached hydrogens (tertiary/aromatic N) is 1. The molecule has 0 unspecified atom stereocenters. The summed E-state index contributed by atoms with van der Waals surface area (Å²) in [5.74, 6) is 0. The number of fused-ring (bicyclic) bond motifs is 1. The van der Waals surface area contributed by atoms with Crippen molar-refractivity contribution in [3.8, 4) is 0 Å². The molecule has 0 bridgehead atoms. The quantitative estimate of drug-likeness (QED) is 0.616. The molecule has 1 aromatic carbocycles. The number of halogens is 1. The van der Waals surface area contributed by atoms with Crippen LogP contribution >= 0.6 is 15.9 Å². The summed E-state index contributed by atoms with van der Waals surface area (Å²) in [6.07, 6.45) is 1.37. The van der Waals surface area contributed by atoms with E-state index < -0.39 is 0 Å². The van der Waals surface area contributed by atoms with Gasteiger partial charge in [-0.05, 0) is 12.1 Å². The van der Waals surface area contributed by atoms with Crippen molar-refractivity contribution < 1.29 is 9.21 Å². The van der Waals surface area contributed by atoms with Crippen LogP contribution in [0.1, 0.15) is 0 Å². The third-order valence-corrected chi connectivity index (χ3v) is 1.77. The Kier molecular flexibility index (Phi) is 2.02. The van der Waals surface area contributed by atoms with Crippen LogP contribution in [0.2, 0.25) is 0 Å². The number of amides is 1. The molecule has 0 aliphatic carbocycles. The standard InChI is InChI=1S/C8H5BrN2O2/c9-8(12)11-5-1-2-6-7(3-5)13-4-10-6/h1-4H,(H,11,12). The van der Waals surface area contributed by atoms with E-state index >= 15 is 0 Å². The number of hydrogen-bond acceptors (Lipinski definition) is 3. The van der Waals surface area contributed by atoms with Gasteiger partial charge in [-0.15, -0.1) is 0 Å². The minimum atomic E-state index is -0.286. The summed E-state index contributed by atoms with van der Waals surface area (Å²) in [4.78, 5) is 14.3. The molecule has 2 aromatic rings. The van der Waals surface area contributed by atoms with E-state index in [2.05, 4.69) is 26.2 Å². The van der Waals surface area contributed by atoms with Crippen LogP contribution in [0.25, 0.3) is 11.1 Å². The highest BCUT2D eigenvalue weighted by molar-refractivity contribution is 9.18. The first-order valence-electron chi connectivity index (χ1n) is 3.55. The zero-order valence-corrected chi connectivity index (χ0v) is 8.04. The van der Waals surface area contributed by atoms with Gasteiger partial charge in [0, 0.05) is 27.7 Å². The van der Waals surface area contributed by atoms with E-state index in [0.717, 1.165) is 5.52 Å². The Labute approximate surface area is 82.1 Å². The van der Waals surface area contributed by atoms with E-state index in [1.807, 2.05) is 0 Å². The molecule has 1 amide bonds. The van der Waals surface area contributed by atoms with Crippen LogP contribution in [-0.4, -0.2) is 9.80 Å². The van der Waals surface area contributed by atoms with E-state index in [9.17, 15) is 4.79 Å². The second kappa shape index (κ2) is 3.18. The number of nitrogens with one attached hydrogen (secondary N) is 1. The molecule has 2 rings (SSSR count). The Morgan fingerprint density at radius 3 is 3.15 bits per heavy atom. The number of hydrogen-bond donors (Lipinski definition) is 1. The second-order valence-corrected chi connectivity index (χ2v) is 3.15. The Morgan fingerprint density at radius 2 is 2.38 bits per heavy atom. The molecule has 0 fully saturated rings. The molecule has 0 aliphatic heterocycles. The summed E-state index contributed by atoms with van der Waals surface area (Å²) in [5.41, 5.74) is 2.09. The van der Waals surface area contributed by atoms with Gasteiger partial charge in [0.2, 0.25) is 0 Å². The second-order valence-electron chi connectivity index (χ2n) is 2.43. The molecule has 1 aromatic heterocycles. The lowest BCUT2D eigenvalue weighted by molar-refractivity contribution is 0.270. The fourth-order valence-electron chi connectivity index (χ4n) is 1.05. The first kappa shape index (κ1) is 8.25. The summed E-state index contributed by atoms with van der Waals surface area (Å²) in [6, 6.07) is 5.24. The van der Waals surface area contributed by atoms with Crippen molar-refractivity contribution in [1.29, 1.82) is 0 Å². The van der Waals surface area contributed by atoms with Gasteiger partial charge in [-0.1, -0.05) is 0 Å². The lowest BCUT2D eigenvalue weighted by atomic mass is 10.3. The molecule has 5 heteroatoms. The Bertz CT molecular complexity index is 452. The lowest BCUT2D eigenvalue weighted by Crippen LogP contribution is -1.99. The Morgan fingerprint density at radius 1 is 1.54 bits per heavy atom. The minimum absolute atomic E-state index is 0.286. The van der Waals surface area contributed by atoms with Crippen LogP contribution in [0.4, 0.5) is 10.5 Å². The number of oxazole rings is 1. The monoisotopic (exact) mass is 240 g/mol. The van der Waals surface area contributed by atoms with Crippen molar-refractivity contribution in [3.05, 3.63) is 24.6 Å². The molecule has 13 heavy (non-hydrogen) atoms. The van der Waals surface area contributed by atoms with Crippen LogP contribution in [0.15, 0.2) is 29.0 Å². The third kappa shape index (κ3) is 1.70. The maximum atomic E-state index is 10.6. The molecule has 0 spiro atoms. The fourth-order valence-corrected chi connectivity index (χ4v) is 1.28. The summed E-state index contributed by atoms with van der Waals surface area (Å²) >= 11 is 2.77. The highest BCUT2D eigenvalue weighted by atomic mass is 79.9. The summed E-state index contributed by atoms with van der Waals surface area (Å²) in [6.45, 7) is 0. The molecule has 0 saturated heterocycles. The number of carbonyl (C=O) groups is 1. The van der Waals surface area contributed by atoms with Gasteiger partial charge in [0.25, 0.3) is 4.82 Å². The maximum absolute atomic E-state index is 10.6. The molecule has 0 atom stereocenters. The smallest absolute Gasteiger partial charge is 0.291 e. The van der Waals surface area contributed by atoms with Gasteiger partial charge < -0.3 is 9.73 Å². The minimum Gasteiger partial charge on any atom is -0.443 e. The van der Waals surface area contributed by atoms with E-state index in [1.165, 1.54) is 6.39 Å². The molecule has 66 valence electrons. The zero-order chi connectivity index (χ0) is 9.26. The molecule has 4 nitrogen and oxygen atoms in total. The average Bonchev–Trinajstić information content (AvgIpc) is 2.49. The lowest BCUT2D eigenvalue weighted by Gasteiger charge is -1.98. The molecule has 0 aliphatic rings. The third-order valence-electron chi connectivity index (χ3n) is 1.57. The number of aromatic nitrogens is 1. The molecule has 0 saturated carbocycles. The average molecular weight is 241 g/mol. The van der Waals surface area contributed by atoms with E-state index in [4.69, 9.17) is 4.42 Å². The van der Waals surface area contributed by atoms with E-state index in [1.54, 1.807) is 18.2 Å². The van der Waals surface area contributed by atoms with Gasteiger partial charge in [-0.3, -0.25) is 4.79 Å². The van der Waals surface area contributed by atoms with Crippen molar-refractivity contribution >= 4 is 37.5 Å².